The first-order chi connectivity index (χ1) is 10.4. The molecule has 1 atom stereocenters. The Labute approximate surface area is 128 Å². The van der Waals surface area contributed by atoms with E-state index in [2.05, 4.69) is 10.1 Å². The Morgan fingerprint density at radius 3 is 2.59 bits per heavy atom. The zero-order valence-corrected chi connectivity index (χ0v) is 12.9. The molecule has 0 aromatic heterocycles. The van der Waals surface area contributed by atoms with Gasteiger partial charge in [-0.15, -0.1) is 0 Å². The number of morpholine rings is 1. The highest BCUT2D eigenvalue weighted by Crippen LogP contribution is 2.25. The van der Waals surface area contributed by atoms with Crippen LogP contribution in [0.5, 0.6) is 5.75 Å². The van der Waals surface area contributed by atoms with Gasteiger partial charge in [-0.2, -0.15) is 0 Å². The molecule has 0 unspecified atom stereocenters. The molecule has 0 aliphatic carbocycles. The minimum Gasteiger partial charge on any atom is -0.491 e. The normalized spacial score (nSPS) is 18.5. The second-order valence-corrected chi connectivity index (χ2v) is 5.50. The number of carbonyl (C=O) groups is 1. The lowest BCUT2D eigenvalue weighted by Crippen LogP contribution is -2.48. The molecular weight excluding hydrogens is 294 g/mol. The summed E-state index contributed by atoms with van der Waals surface area (Å²) in [5, 5.41) is 2.50. The number of hydrogen-bond acceptors (Lipinski definition) is 3. The first-order valence-electron chi connectivity index (χ1n) is 7.13. The van der Waals surface area contributed by atoms with Crippen LogP contribution in [0.1, 0.15) is 13.8 Å². The lowest BCUT2D eigenvalue weighted by atomic mass is 10.1. The van der Waals surface area contributed by atoms with Crippen molar-refractivity contribution in [3.8, 4) is 5.75 Å². The molecule has 1 N–H and O–H groups in total. The summed E-state index contributed by atoms with van der Waals surface area (Å²) in [4.78, 5) is 13.8. The van der Waals surface area contributed by atoms with Gasteiger partial charge in [0, 0.05) is 30.9 Å². The van der Waals surface area contributed by atoms with E-state index in [9.17, 15) is 13.6 Å². The molecule has 0 spiro atoms. The molecule has 122 valence electrons. The number of ether oxygens (including phenoxy) is 2. The average Bonchev–Trinajstić information content (AvgIpc) is 2.47. The zero-order chi connectivity index (χ0) is 16.3. The topological polar surface area (TPSA) is 50.8 Å². The summed E-state index contributed by atoms with van der Waals surface area (Å²) in [7, 11) is 1.18. The van der Waals surface area contributed by atoms with Gasteiger partial charge in [0.1, 0.15) is 0 Å². The number of methoxy groups -OCH3 is 1. The maximum atomic E-state index is 13.6. The summed E-state index contributed by atoms with van der Waals surface area (Å²) in [6.45, 7) is 5.36. The number of carbonyl (C=O) groups excluding carboxylic acids is 1. The molecule has 1 aromatic rings. The van der Waals surface area contributed by atoms with Gasteiger partial charge in [0.2, 0.25) is 0 Å². The second-order valence-electron chi connectivity index (χ2n) is 5.50. The van der Waals surface area contributed by atoms with Gasteiger partial charge in [0.05, 0.1) is 19.8 Å². The van der Waals surface area contributed by atoms with E-state index in [1.54, 1.807) is 4.90 Å². The molecule has 2 amide bonds. The third kappa shape index (κ3) is 3.65. The predicted octanol–water partition coefficient (Wildman–Crippen LogP) is 2.86. The summed E-state index contributed by atoms with van der Waals surface area (Å²) in [6, 6.07) is 1.65. The summed E-state index contributed by atoms with van der Waals surface area (Å²) in [5.74, 6) is -1.91. The van der Waals surface area contributed by atoms with E-state index >= 15 is 0 Å². The molecule has 0 bridgehead atoms. The maximum absolute atomic E-state index is 13.6. The third-order valence-electron chi connectivity index (χ3n) is 3.58. The van der Waals surface area contributed by atoms with Gasteiger partial charge in [-0.1, -0.05) is 13.8 Å². The zero-order valence-electron chi connectivity index (χ0n) is 12.9. The molecule has 1 heterocycles. The minimum absolute atomic E-state index is 0.0381. The standard InChI is InChI=1S/C15H20F2N2O3/c1-9(2)13-8-19(4-5-22-13)15(20)18-10-6-11(16)14(21-3)12(17)7-10/h6-7,9,13H,4-5,8H2,1-3H3,(H,18,20)/t13-/m1/s1. The van der Waals surface area contributed by atoms with Crippen molar-refractivity contribution in [2.24, 2.45) is 5.92 Å². The van der Waals surface area contributed by atoms with Crippen LogP contribution in [0, 0.1) is 17.6 Å². The molecule has 7 heteroatoms. The van der Waals surface area contributed by atoms with Crippen LogP contribution in [-0.2, 0) is 4.74 Å². The molecule has 1 fully saturated rings. The molecular formula is C15H20F2N2O3. The van der Waals surface area contributed by atoms with Crippen molar-refractivity contribution in [1.29, 1.82) is 0 Å². The van der Waals surface area contributed by atoms with Crippen LogP contribution >= 0.6 is 0 Å². The van der Waals surface area contributed by atoms with Gasteiger partial charge < -0.3 is 19.7 Å². The largest absolute Gasteiger partial charge is 0.491 e. The summed E-state index contributed by atoms with van der Waals surface area (Å²) < 4.78 is 37.4. The quantitative estimate of drug-likeness (QED) is 0.933. The van der Waals surface area contributed by atoms with Gasteiger partial charge >= 0.3 is 6.03 Å². The number of urea groups is 1. The number of amides is 2. The van der Waals surface area contributed by atoms with Crippen molar-refractivity contribution in [2.75, 3.05) is 32.1 Å². The summed E-state index contributed by atoms with van der Waals surface area (Å²) in [5.41, 5.74) is 0.0494. The lowest BCUT2D eigenvalue weighted by Gasteiger charge is -2.34. The van der Waals surface area contributed by atoms with Crippen LogP contribution in [0.2, 0.25) is 0 Å². The summed E-state index contributed by atoms with van der Waals surface area (Å²) in [6.07, 6.45) is -0.0381. The van der Waals surface area contributed by atoms with E-state index in [1.807, 2.05) is 13.8 Å². The molecule has 1 aromatic carbocycles. The second kappa shape index (κ2) is 6.91. The van der Waals surface area contributed by atoms with Crippen molar-refractivity contribution in [2.45, 2.75) is 20.0 Å². The van der Waals surface area contributed by atoms with Crippen molar-refractivity contribution in [3.63, 3.8) is 0 Å². The van der Waals surface area contributed by atoms with Gasteiger partial charge in [-0.25, -0.2) is 13.6 Å². The van der Waals surface area contributed by atoms with Crippen molar-refractivity contribution in [3.05, 3.63) is 23.8 Å². The Hall–Kier alpha value is -1.89. The maximum Gasteiger partial charge on any atom is 0.322 e. The Balaban J connectivity index is 2.06. The van der Waals surface area contributed by atoms with Gasteiger partial charge in [-0.3, -0.25) is 0 Å². The van der Waals surface area contributed by atoms with Crippen molar-refractivity contribution in [1.82, 2.24) is 4.90 Å². The Morgan fingerprint density at radius 1 is 1.41 bits per heavy atom. The molecule has 5 nitrogen and oxygen atoms in total. The molecule has 1 aliphatic rings. The molecule has 0 radical (unpaired) electrons. The smallest absolute Gasteiger partial charge is 0.322 e. The average molecular weight is 314 g/mol. The van der Waals surface area contributed by atoms with Gasteiger partial charge in [0.25, 0.3) is 0 Å². The third-order valence-corrected chi connectivity index (χ3v) is 3.58. The van der Waals surface area contributed by atoms with Crippen LogP contribution in [0.15, 0.2) is 12.1 Å². The van der Waals surface area contributed by atoms with Crippen LogP contribution in [0.25, 0.3) is 0 Å². The highest BCUT2D eigenvalue weighted by atomic mass is 19.1. The molecule has 1 aliphatic heterocycles. The van der Waals surface area contributed by atoms with Crippen LogP contribution in [0.3, 0.4) is 0 Å². The van der Waals surface area contributed by atoms with E-state index < -0.39 is 23.4 Å². The number of benzene rings is 1. The number of halogens is 2. The first kappa shape index (κ1) is 16.5. The Kier molecular flexibility index (Phi) is 5.18. The van der Waals surface area contributed by atoms with E-state index in [0.29, 0.717) is 19.7 Å². The fraction of sp³-hybridized carbons (Fsp3) is 0.533. The van der Waals surface area contributed by atoms with Crippen LogP contribution in [-0.4, -0.2) is 43.8 Å². The van der Waals surface area contributed by atoms with Crippen LogP contribution in [0.4, 0.5) is 19.3 Å². The Bertz CT molecular complexity index is 529. The lowest BCUT2D eigenvalue weighted by molar-refractivity contribution is -0.0354. The van der Waals surface area contributed by atoms with E-state index in [4.69, 9.17) is 4.74 Å². The number of nitrogens with one attached hydrogen (secondary N) is 1. The fourth-order valence-corrected chi connectivity index (χ4v) is 2.29. The van der Waals surface area contributed by atoms with Gasteiger partial charge in [0.15, 0.2) is 17.4 Å². The number of anilines is 1. The first-order valence-corrected chi connectivity index (χ1v) is 7.13. The van der Waals surface area contributed by atoms with Crippen LogP contribution < -0.4 is 10.1 Å². The fourth-order valence-electron chi connectivity index (χ4n) is 2.29. The van der Waals surface area contributed by atoms with Gasteiger partial charge in [-0.05, 0) is 5.92 Å². The van der Waals surface area contributed by atoms with Crippen molar-refractivity contribution < 1.29 is 23.0 Å². The highest BCUT2D eigenvalue weighted by Gasteiger charge is 2.26. The summed E-state index contributed by atoms with van der Waals surface area (Å²) >= 11 is 0. The molecule has 2 rings (SSSR count). The predicted molar refractivity (Wildman–Crippen MR) is 78.1 cm³/mol. The number of rotatable bonds is 3. The SMILES string of the molecule is COc1c(F)cc(NC(=O)N2CCO[C@@H](C(C)C)C2)cc1F. The molecule has 0 saturated carbocycles. The number of nitrogens with zero attached hydrogens (tertiary/aromatic N) is 1. The number of hydrogen-bond donors (Lipinski definition) is 1. The Morgan fingerprint density at radius 2 is 2.05 bits per heavy atom. The molecule has 1 saturated heterocycles. The van der Waals surface area contributed by atoms with Crippen molar-refractivity contribution >= 4 is 11.7 Å². The molecule has 22 heavy (non-hydrogen) atoms. The van der Waals surface area contributed by atoms with E-state index in [0.717, 1.165) is 12.1 Å². The monoisotopic (exact) mass is 314 g/mol. The highest BCUT2D eigenvalue weighted by molar-refractivity contribution is 5.89. The minimum atomic E-state index is -0.861. The van der Waals surface area contributed by atoms with E-state index in [-0.39, 0.29) is 17.7 Å². The van der Waals surface area contributed by atoms with E-state index in [1.165, 1.54) is 7.11 Å².